The van der Waals surface area contributed by atoms with E-state index in [0.717, 1.165) is 29.7 Å². The number of aryl methyl sites for hydroxylation is 1. The summed E-state index contributed by atoms with van der Waals surface area (Å²) < 4.78 is 5.70. The molecule has 1 aliphatic rings. The topological polar surface area (TPSA) is 49.9 Å². The van der Waals surface area contributed by atoms with Crippen molar-refractivity contribution < 1.29 is 14.3 Å². The quantitative estimate of drug-likeness (QED) is 0.403. The summed E-state index contributed by atoms with van der Waals surface area (Å²) >= 11 is 0. The first-order valence-electron chi connectivity index (χ1n) is 11.7. The van der Waals surface area contributed by atoms with E-state index in [1.165, 1.54) is 4.90 Å². The van der Waals surface area contributed by atoms with Gasteiger partial charge in [0.15, 0.2) is 0 Å². The molecule has 0 N–H and O–H groups in total. The molecule has 3 aromatic carbocycles. The van der Waals surface area contributed by atoms with E-state index in [1.807, 2.05) is 90.8 Å². The van der Waals surface area contributed by atoms with Crippen molar-refractivity contribution in [1.82, 2.24) is 4.90 Å². The predicted octanol–water partition coefficient (Wildman–Crippen LogP) is 5.45. The van der Waals surface area contributed by atoms with E-state index in [9.17, 15) is 9.59 Å². The van der Waals surface area contributed by atoms with E-state index in [4.69, 9.17) is 4.74 Å². The molecule has 4 rings (SSSR count). The number of nitrogens with zero attached hydrogens (tertiary/aromatic N) is 2. The molecule has 2 amide bonds. The zero-order valence-corrected chi connectivity index (χ0v) is 20.0. The maximum absolute atomic E-state index is 13.7. The fourth-order valence-electron chi connectivity index (χ4n) is 4.12. The van der Waals surface area contributed by atoms with Crippen LogP contribution in [0.1, 0.15) is 37.0 Å². The Kier molecular flexibility index (Phi) is 7.12. The number of benzene rings is 3. The molecule has 0 saturated carbocycles. The summed E-state index contributed by atoms with van der Waals surface area (Å²) in [5.41, 5.74) is 4.30. The molecule has 3 aromatic rings. The fourth-order valence-corrected chi connectivity index (χ4v) is 4.12. The molecule has 174 valence electrons. The molecular weight excluding hydrogens is 424 g/mol. The van der Waals surface area contributed by atoms with Crippen molar-refractivity contribution >= 4 is 23.1 Å². The average molecular weight is 455 g/mol. The molecule has 5 nitrogen and oxygen atoms in total. The second kappa shape index (κ2) is 10.4. The number of carbonyl (C=O) groups is 2. The first-order valence-corrected chi connectivity index (χ1v) is 11.7. The van der Waals surface area contributed by atoms with E-state index >= 15 is 0 Å². The number of rotatable bonds is 9. The highest BCUT2D eigenvalue weighted by Gasteiger charge is 2.41. The molecule has 0 aliphatic carbocycles. The van der Waals surface area contributed by atoms with E-state index < -0.39 is 0 Å². The minimum Gasteiger partial charge on any atom is -0.494 e. The summed E-state index contributed by atoms with van der Waals surface area (Å²) in [6.45, 7) is 5.27. The van der Waals surface area contributed by atoms with Crippen LogP contribution in [0.15, 0.2) is 84.6 Å². The summed E-state index contributed by atoms with van der Waals surface area (Å²) in [4.78, 5) is 30.5. The van der Waals surface area contributed by atoms with Crippen molar-refractivity contribution in [2.24, 2.45) is 0 Å². The molecule has 0 fully saturated rings. The minimum atomic E-state index is -0.314. The molecule has 34 heavy (non-hydrogen) atoms. The number of ether oxygens (including phenoxy) is 1. The number of likely N-dealkylation sites (N-methyl/N-ethyl adjacent to an activating group) is 1. The first kappa shape index (κ1) is 23.3. The highest BCUT2D eigenvalue weighted by atomic mass is 16.5. The third-order valence-corrected chi connectivity index (χ3v) is 5.92. The third-order valence-electron chi connectivity index (χ3n) is 5.92. The van der Waals surface area contributed by atoms with Crippen molar-refractivity contribution in [3.05, 3.63) is 101 Å². The molecule has 0 bridgehead atoms. The number of hydrogen-bond acceptors (Lipinski definition) is 4. The lowest BCUT2D eigenvalue weighted by atomic mass is 10.0. The average Bonchev–Trinajstić information content (AvgIpc) is 3.13. The van der Waals surface area contributed by atoms with Gasteiger partial charge in [-0.05, 0) is 53.8 Å². The summed E-state index contributed by atoms with van der Waals surface area (Å²) in [5, 5.41) is 0. The van der Waals surface area contributed by atoms with Crippen LogP contribution in [0, 0.1) is 0 Å². The van der Waals surface area contributed by atoms with Crippen molar-refractivity contribution in [2.75, 3.05) is 18.6 Å². The van der Waals surface area contributed by atoms with E-state index in [2.05, 4.69) is 13.8 Å². The number of anilines is 1. The van der Waals surface area contributed by atoms with Crippen molar-refractivity contribution in [1.29, 1.82) is 0 Å². The Hall–Kier alpha value is -3.86. The van der Waals surface area contributed by atoms with Crippen LogP contribution < -0.4 is 9.64 Å². The van der Waals surface area contributed by atoms with Gasteiger partial charge in [-0.25, -0.2) is 4.90 Å². The zero-order valence-electron chi connectivity index (χ0n) is 20.0. The largest absolute Gasteiger partial charge is 0.494 e. The van der Waals surface area contributed by atoms with Crippen LogP contribution >= 0.6 is 0 Å². The fraction of sp³-hybridized carbons (Fsp3) is 0.241. The van der Waals surface area contributed by atoms with Gasteiger partial charge in [-0.1, -0.05) is 68.4 Å². The molecule has 0 saturated heterocycles. The Morgan fingerprint density at radius 1 is 0.794 bits per heavy atom. The lowest BCUT2D eigenvalue weighted by molar-refractivity contribution is -0.120. The number of imide groups is 1. The number of carbonyl (C=O) groups excluding carboxylic acids is 2. The van der Waals surface area contributed by atoms with Gasteiger partial charge < -0.3 is 9.64 Å². The van der Waals surface area contributed by atoms with Crippen molar-refractivity contribution in [2.45, 2.75) is 33.2 Å². The van der Waals surface area contributed by atoms with Gasteiger partial charge in [0.2, 0.25) is 0 Å². The number of amides is 2. The molecule has 1 aliphatic heterocycles. The highest BCUT2D eigenvalue weighted by molar-refractivity contribution is 6.45. The Morgan fingerprint density at radius 2 is 1.47 bits per heavy atom. The standard InChI is InChI=1S/C29H30N2O3/c1-4-19-34-25-17-13-23(14-18-25)26-27(30(3)20-22-9-7-6-8-10-22)29(33)31(28(26)32)24-15-11-21(5-2)12-16-24/h6-18H,4-5,19-20H2,1-3H3. The van der Waals surface area contributed by atoms with Crippen LogP contribution in [0.4, 0.5) is 5.69 Å². The second-order valence-electron chi connectivity index (χ2n) is 8.40. The molecule has 0 radical (unpaired) electrons. The molecule has 0 atom stereocenters. The van der Waals surface area contributed by atoms with Crippen LogP contribution in [0.25, 0.3) is 5.57 Å². The van der Waals surface area contributed by atoms with Crippen LogP contribution in [-0.2, 0) is 22.6 Å². The molecule has 0 unspecified atom stereocenters. The molecule has 0 spiro atoms. The van der Waals surface area contributed by atoms with E-state index in [1.54, 1.807) is 0 Å². The van der Waals surface area contributed by atoms with Gasteiger partial charge in [0.25, 0.3) is 11.8 Å². The Bertz CT molecular complexity index is 1180. The third kappa shape index (κ3) is 4.74. The summed E-state index contributed by atoms with van der Waals surface area (Å²) in [6, 6.07) is 24.9. The predicted molar refractivity (Wildman–Crippen MR) is 135 cm³/mol. The van der Waals surface area contributed by atoms with Gasteiger partial charge in [-0.15, -0.1) is 0 Å². The minimum absolute atomic E-state index is 0.311. The summed E-state index contributed by atoms with van der Waals surface area (Å²) in [5.74, 6) is 0.120. The van der Waals surface area contributed by atoms with Gasteiger partial charge in [0.1, 0.15) is 11.4 Å². The van der Waals surface area contributed by atoms with Crippen LogP contribution in [-0.4, -0.2) is 30.4 Å². The summed E-state index contributed by atoms with van der Waals surface area (Å²) in [7, 11) is 1.86. The smallest absolute Gasteiger partial charge is 0.282 e. The van der Waals surface area contributed by atoms with E-state index in [0.29, 0.717) is 35.7 Å². The van der Waals surface area contributed by atoms with Gasteiger partial charge >= 0.3 is 0 Å². The van der Waals surface area contributed by atoms with Crippen molar-refractivity contribution in [3.63, 3.8) is 0 Å². The van der Waals surface area contributed by atoms with Crippen LogP contribution in [0.2, 0.25) is 0 Å². The van der Waals surface area contributed by atoms with Gasteiger partial charge in [0.05, 0.1) is 17.9 Å². The lowest BCUT2D eigenvalue weighted by Crippen LogP contribution is -2.34. The molecule has 5 heteroatoms. The zero-order chi connectivity index (χ0) is 24.1. The van der Waals surface area contributed by atoms with Gasteiger partial charge in [0, 0.05) is 13.6 Å². The molecule has 0 aromatic heterocycles. The SMILES string of the molecule is CCCOc1ccc(C2=C(N(C)Cc3ccccc3)C(=O)N(c3ccc(CC)cc3)C2=O)cc1. The highest BCUT2D eigenvalue weighted by Crippen LogP contribution is 2.35. The Morgan fingerprint density at radius 3 is 2.09 bits per heavy atom. The van der Waals surface area contributed by atoms with Crippen LogP contribution in [0.3, 0.4) is 0 Å². The maximum Gasteiger partial charge on any atom is 0.282 e. The normalized spacial score (nSPS) is 13.6. The van der Waals surface area contributed by atoms with Gasteiger partial charge in [-0.2, -0.15) is 0 Å². The van der Waals surface area contributed by atoms with Crippen LogP contribution in [0.5, 0.6) is 5.75 Å². The lowest BCUT2D eigenvalue weighted by Gasteiger charge is -2.21. The molecule has 1 heterocycles. The Balaban J connectivity index is 1.73. The maximum atomic E-state index is 13.7. The first-order chi connectivity index (χ1) is 16.5. The van der Waals surface area contributed by atoms with Gasteiger partial charge in [-0.3, -0.25) is 9.59 Å². The monoisotopic (exact) mass is 454 g/mol. The number of hydrogen-bond donors (Lipinski definition) is 0. The Labute approximate surface area is 201 Å². The van der Waals surface area contributed by atoms with E-state index in [-0.39, 0.29) is 11.8 Å². The molecular formula is C29H30N2O3. The summed E-state index contributed by atoms with van der Waals surface area (Å²) in [6.07, 6.45) is 1.81. The second-order valence-corrected chi connectivity index (χ2v) is 8.40. The van der Waals surface area contributed by atoms with Crippen molar-refractivity contribution in [3.8, 4) is 5.75 Å².